The minimum absolute atomic E-state index is 0.126. The van der Waals surface area contributed by atoms with Gasteiger partial charge in [-0.15, -0.1) is 0 Å². The van der Waals surface area contributed by atoms with E-state index in [4.69, 9.17) is 0 Å². The number of nitrogens with zero attached hydrogens (tertiary/aromatic N) is 1. The Morgan fingerprint density at radius 1 is 1.40 bits per heavy atom. The van der Waals surface area contributed by atoms with Gasteiger partial charge in [0.25, 0.3) is 6.43 Å². The highest BCUT2D eigenvalue weighted by Crippen LogP contribution is 2.35. The Bertz CT molecular complexity index is 500. The predicted octanol–water partition coefficient (Wildman–Crippen LogP) is 3.28. The molecule has 0 aromatic carbocycles. The molecular weight excluding hydrogens is 292 g/mol. The Labute approximate surface area is 109 Å². The highest BCUT2D eigenvalue weighted by molar-refractivity contribution is 5.73. The fourth-order valence-electron chi connectivity index (χ4n) is 1.53. The average Bonchev–Trinajstić information content (AvgIpc) is 2.29. The first-order valence-electron chi connectivity index (χ1n) is 5.37. The molecule has 0 unspecified atom stereocenters. The first kappa shape index (κ1) is 16.3. The molecule has 1 rings (SSSR count). The molecule has 0 spiro atoms. The normalized spacial score (nSPS) is 11.8. The standard InChI is InChI=1S/C11H9F6NO2/c1-2-20-8(19)4-5-6(10(13)14)3-7(12)18-9(5)11(15,16)17/h3,10H,2,4H2,1H3. The molecule has 0 amide bonds. The summed E-state index contributed by atoms with van der Waals surface area (Å²) in [5, 5.41) is 0. The van der Waals surface area contributed by atoms with E-state index in [2.05, 4.69) is 9.72 Å². The molecule has 1 heterocycles. The molecule has 0 saturated heterocycles. The van der Waals surface area contributed by atoms with Gasteiger partial charge in [0.05, 0.1) is 13.0 Å². The van der Waals surface area contributed by atoms with Crippen LogP contribution in [0.3, 0.4) is 0 Å². The summed E-state index contributed by atoms with van der Waals surface area (Å²) < 4.78 is 80.8. The van der Waals surface area contributed by atoms with Crippen LogP contribution in [0.4, 0.5) is 26.3 Å². The van der Waals surface area contributed by atoms with Crippen molar-refractivity contribution in [3.8, 4) is 0 Å². The summed E-state index contributed by atoms with van der Waals surface area (Å²) in [6, 6.07) is 0.175. The Morgan fingerprint density at radius 2 is 2.00 bits per heavy atom. The third-order valence-electron chi connectivity index (χ3n) is 2.26. The number of halogens is 6. The van der Waals surface area contributed by atoms with Crippen molar-refractivity contribution in [2.45, 2.75) is 25.9 Å². The van der Waals surface area contributed by atoms with E-state index in [0.717, 1.165) is 0 Å². The molecule has 112 valence electrons. The van der Waals surface area contributed by atoms with E-state index in [-0.39, 0.29) is 12.7 Å². The Balaban J connectivity index is 3.38. The molecule has 0 bridgehead atoms. The van der Waals surface area contributed by atoms with E-state index in [0.29, 0.717) is 0 Å². The highest BCUT2D eigenvalue weighted by atomic mass is 19.4. The van der Waals surface area contributed by atoms with Crippen LogP contribution >= 0.6 is 0 Å². The number of carbonyl (C=O) groups excluding carboxylic acids is 1. The molecule has 20 heavy (non-hydrogen) atoms. The molecule has 0 N–H and O–H groups in total. The van der Waals surface area contributed by atoms with Gasteiger partial charge in [-0.3, -0.25) is 4.79 Å². The van der Waals surface area contributed by atoms with E-state index in [1.165, 1.54) is 6.92 Å². The molecule has 0 aliphatic heterocycles. The lowest BCUT2D eigenvalue weighted by atomic mass is 10.0. The molecule has 1 aromatic rings. The summed E-state index contributed by atoms with van der Waals surface area (Å²) in [7, 11) is 0. The number of hydrogen-bond acceptors (Lipinski definition) is 3. The van der Waals surface area contributed by atoms with Gasteiger partial charge in [-0.05, 0) is 6.92 Å². The van der Waals surface area contributed by atoms with Crippen molar-refractivity contribution in [3.05, 3.63) is 28.8 Å². The van der Waals surface area contributed by atoms with Crippen LogP contribution in [0.5, 0.6) is 0 Å². The maximum Gasteiger partial charge on any atom is 0.433 e. The second-order valence-electron chi connectivity index (χ2n) is 3.64. The van der Waals surface area contributed by atoms with Gasteiger partial charge in [0.15, 0.2) is 5.69 Å². The molecule has 0 fully saturated rings. The maximum atomic E-state index is 12.9. The molecule has 0 aliphatic carbocycles. The average molecular weight is 301 g/mol. The zero-order valence-corrected chi connectivity index (χ0v) is 10.1. The number of alkyl halides is 5. The van der Waals surface area contributed by atoms with Crippen molar-refractivity contribution in [1.29, 1.82) is 0 Å². The maximum absolute atomic E-state index is 12.9. The van der Waals surface area contributed by atoms with Crippen molar-refractivity contribution in [3.63, 3.8) is 0 Å². The van der Waals surface area contributed by atoms with Crippen LogP contribution in [0, 0.1) is 5.95 Å². The summed E-state index contributed by atoms with van der Waals surface area (Å²) >= 11 is 0. The largest absolute Gasteiger partial charge is 0.466 e. The van der Waals surface area contributed by atoms with Gasteiger partial charge in [-0.2, -0.15) is 17.6 Å². The molecule has 0 atom stereocenters. The zero-order valence-electron chi connectivity index (χ0n) is 10.1. The van der Waals surface area contributed by atoms with Gasteiger partial charge in [0, 0.05) is 17.2 Å². The third-order valence-corrected chi connectivity index (χ3v) is 2.26. The van der Waals surface area contributed by atoms with Crippen LogP contribution in [0.15, 0.2) is 6.07 Å². The number of aromatic nitrogens is 1. The van der Waals surface area contributed by atoms with Crippen molar-refractivity contribution < 1.29 is 35.9 Å². The Hall–Kier alpha value is -1.80. The van der Waals surface area contributed by atoms with Gasteiger partial charge < -0.3 is 4.74 Å². The van der Waals surface area contributed by atoms with Crippen LogP contribution in [0.25, 0.3) is 0 Å². The molecule has 9 heteroatoms. The van der Waals surface area contributed by atoms with Crippen molar-refractivity contribution >= 4 is 5.97 Å². The highest BCUT2D eigenvalue weighted by Gasteiger charge is 2.39. The van der Waals surface area contributed by atoms with E-state index >= 15 is 0 Å². The summed E-state index contributed by atoms with van der Waals surface area (Å²) in [5.74, 6) is -2.83. The number of rotatable bonds is 4. The van der Waals surface area contributed by atoms with E-state index < -0.39 is 47.8 Å². The number of pyridine rings is 1. The molecule has 1 aromatic heterocycles. The van der Waals surface area contributed by atoms with Gasteiger partial charge in [-0.1, -0.05) is 0 Å². The Morgan fingerprint density at radius 3 is 2.45 bits per heavy atom. The SMILES string of the molecule is CCOC(=O)Cc1c(C(F)F)cc(F)nc1C(F)(F)F. The van der Waals surface area contributed by atoms with Crippen LogP contribution in [0.1, 0.15) is 30.2 Å². The van der Waals surface area contributed by atoms with Crippen molar-refractivity contribution in [2.24, 2.45) is 0 Å². The first-order chi connectivity index (χ1) is 9.16. The van der Waals surface area contributed by atoms with Gasteiger partial charge in [0.2, 0.25) is 5.95 Å². The van der Waals surface area contributed by atoms with Crippen molar-refractivity contribution in [1.82, 2.24) is 4.98 Å². The smallest absolute Gasteiger partial charge is 0.433 e. The fourth-order valence-corrected chi connectivity index (χ4v) is 1.53. The van der Waals surface area contributed by atoms with Gasteiger partial charge in [-0.25, -0.2) is 13.8 Å². The lowest BCUT2D eigenvalue weighted by Crippen LogP contribution is -2.19. The number of ether oxygens (including phenoxy) is 1. The second kappa shape index (κ2) is 6.10. The summed E-state index contributed by atoms with van der Waals surface area (Å²) in [6.45, 7) is 1.28. The predicted molar refractivity (Wildman–Crippen MR) is 54.5 cm³/mol. The van der Waals surface area contributed by atoms with Gasteiger partial charge in [0.1, 0.15) is 0 Å². The third kappa shape index (κ3) is 3.84. The van der Waals surface area contributed by atoms with E-state index in [1.807, 2.05) is 0 Å². The van der Waals surface area contributed by atoms with Crippen LogP contribution in [-0.4, -0.2) is 17.6 Å². The first-order valence-corrected chi connectivity index (χ1v) is 5.37. The molecule has 0 saturated carbocycles. The van der Waals surface area contributed by atoms with Crippen molar-refractivity contribution in [2.75, 3.05) is 6.61 Å². The van der Waals surface area contributed by atoms with Crippen LogP contribution in [0.2, 0.25) is 0 Å². The fraction of sp³-hybridized carbons (Fsp3) is 0.455. The topological polar surface area (TPSA) is 39.2 Å². The zero-order chi connectivity index (χ0) is 15.5. The van der Waals surface area contributed by atoms with Crippen LogP contribution in [-0.2, 0) is 22.1 Å². The number of esters is 1. The minimum Gasteiger partial charge on any atom is -0.466 e. The summed E-state index contributed by atoms with van der Waals surface area (Å²) in [5.41, 5.74) is -4.15. The lowest BCUT2D eigenvalue weighted by molar-refractivity contribution is -0.145. The summed E-state index contributed by atoms with van der Waals surface area (Å²) in [4.78, 5) is 13.8. The monoisotopic (exact) mass is 301 g/mol. The number of carbonyl (C=O) groups is 1. The lowest BCUT2D eigenvalue weighted by Gasteiger charge is -2.15. The number of hydrogen-bond donors (Lipinski definition) is 0. The summed E-state index contributed by atoms with van der Waals surface area (Å²) in [6.07, 6.45) is -9.60. The van der Waals surface area contributed by atoms with E-state index in [1.54, 1.807) is 0 Å². The van der Waals surface area contributed by atoms with Gasteiger partial charge >= 0.3 is 12.1 Å². The molecule has 3 nitrogen and oxygen atoms in total. The minimum atomic E-state index is -5.16. The molecule has 0 radical (unpaired) electrons. The second-order valence-corrected chi connectivity index (χ2v) is 3.64. The van der Waals surface area contributed by atoms with Crippen LogP contribution < -0.4 is 0 Å². The molecule has 0 aliphatic rings. The Kier molecular flexibility index (Phi) is 4.96. The molecular formula is C11H9F6NO2. The van der Waals surface area contributed by atoms with E-state index in [9.17, 15) is 31.1 Å². The quantitative estimate of drug-likeness (QED) is 0.487.